The fourth-order valence-electron chi connectivity index (χ4n) is 1.94. The normalized spacial score (nSPS) is 17.3. The van der Waals surface area contributed by atoms with Crippen LogP contribution in [0.2, 0.25) is 0 Å². The zero-order valence-corrected chi connectivity index (χ0v) is 13.3. The van der Waals surface area contributed by atoms with Crippen LogP contribution < -0.4 is 4.74 Å². The van der Waals surface area contributed by atoms with Crippen LogP contribution in [-0.4, -0.2) is 28.0 Å². The van der Waals surface area contributed by atoms with Crippen LogP contribution in [0.4, 0.5) is 22.0 Å². The Kier molecular flexibility index (Phi) is 4.79. The molecule has 2 heterocycles. The molecule has 0 radical (unpaired) electrons. The van der Waals surface area contributed by atoms with Gasteiger partial charge in [-0.05, 0) is 0 Å². The van der Waals surface area contributed by atoms with E-state index in [9.17, 15) is 22.0 Å². The summed E-state index contributed by atoms with van der Waals surface area (Å²) in [7, 11) is 1.11. The van der Waals surface area contributed by atoms with E-state index < -0.39 is 35.3 Å². The number of hydrogen-bond donors (Lipinski definition) is 0. The van der Waals surface area contributed by atoms with Crippen molar-refractivity contribution >= 4 is 16.8 Å². The second-order valence-corrected chi connectivity index (χ2v) is 6.44. The Balaban J connectivity index is 2.31. The van der Waals surface area contributed by atoms with Crippen molar-refractivity contribution in [1.29, 1.82) is 0 Å². The van der Waals surface area contributed by atoms with Crippen molar-refractivity contribution in [3.8, 4) is 5.88 Å². The first-order chi connectivity index (χ1) is 10.5. The standard InChI is InChI=1S/C12H14F5N3O2S/c1-11(2)5-21-19-9(11)23-4-6-7(12(15,16)17)18-20(3)8(6)22-10(13)14/h10H,4-5H2,1-3H3. The van der Waals surface area contributed by atoms with Crippen molar-refractivity contribution in [2.24, 2.45) is 17.6 Å². The molecule has 0 amide bonds. The molecule has 1 aromatic heterocycles. The number of aromatic nitrogens is 2. The molecule has 5 nitrogen and oxygen atoms in total. The molecule has 1 aromatic rings. The summed E-state index contributed by atoms with van der Waals surface area (Å²) in [5.74, 6) is -0.881. The van der Waals surface area contributed by atoms with Gasteiger partial charge in [-0.3, -0.25) is 0 Å². The maximum Gasteiger partial charge on any atom is 0.435 e. The Morgan fingerprint density at radius 1 is 1.39 bits per heavy atom. The lowest BCUT2D eigenvalue weighted by molar-refractivity contribution is -0.142. The fraction of sp³-hybridized carbons (Fsp3) is 0.667. The van der Waals surface area contributed by atoms with E-state index in [2.05, 4.69) is 15.0 Å². The Morgan fingerprint density at radius 2 is 2.04 bits per heavy atom. The zero-order valence-electron chi connectivity index (χ0n) is 12.4. The number of rotatable bonds is 4. The average molecular weight is 359 g/mol. The zero-order chi connectivity index (χ0) is 17.4. The van der Waals surface area contributed by atoms with Crippen molar-refractivity contribution in [3.63, 3.8) is 0 Å². The molecule has 1 aliphatic heterocycles. The summed E-state index contributed by atoms with van der Waals surface area (Å²) in [5, 5.41) is 7.52. The first kappa shape index (κ1) is 17.8. The minimum absolute atomic E-state index is 0.268. The monoisotopic (exact) mass is 359 g/mol. The van der Waals surface area contributed by atoms with Gasteiger partial charge >= 0.3 is 12.8 Å². The third-order valence-electron chi connectivity index (χ3n) is 3.06. The molecular weight excluding hydrogens is 345 g/mol. The number of alkyl halides is 5. The van der Waals surface area contributed by atoms with Gasteiger partial charge < -0.3 is 9.57 Å². The quantitative estimate of drug-likeness (QED) is 0.770. The van der Waals surface area contributed by atoms with Crippen molar-refractivity contribution in [2.75, 3.05) is 6.61 Å². The number of aryl methyl sites for hydroxylation is 1. The Morgan fingerprint density at radius 3 is 2.52 bits per heavy atom. The number of ether oxygens (including phenoxy) is 1. The topological polar surface area (TPSA) is 48.6 Å². The summed E-state index contributed by atoms with van der Waals surface area (Å²) < 4.78 is 68.9. The number of hydrogen-bond acceptors (Lipinski definition) is 5. The maximum absolute atomic E-state index is 13.0. The van der Waals surface area contributed by atoms with Gasteiger partial charge in [0.15, 0.2) is 5.69 Å². The molecule has 23 heavy (non-hydrogen) atoms. The first-order valence-corrected chi connectivity index (χ1v) is 7.42. The van der Waals surface area contributed by atoms with Crippen LogP contribution in [0.25, 0.3) is 0 Å². The van der Waals surface area contributed by atoms with Crippen molar-refractivity contribution < 1.29 is 31.5 Å². The minimum atomic E-state index is -4.78. The summed E-state index contributed by atoms with van der Waals surface area (Å²) in [5.41, 5.74) is -2.15. The van der Waals surface area contributed by atoms with Gasteiger partial charge in [-0.2, -0.15) is 27.1 Å². The van der Waals surface area contributed by atoms with E-state index in [0.717, 1.165) is 18.8 Å². The summed E-state index contributed by atoms with van der Waals surface area (Å²) in [6.07, 6.45) is -4.78. The number of nitrogens with zero attached hydrogens (tertiary/aromatic N) is 3. The van der Waals surface area contributed by atoms with E-state index in [-0.39, 0.29) is 5.75 Å². The molecule has 0 N–H and O–H groups in total. The lowest BCUT2D eigenvalue weighted by Gasteiger charge is -2.16. The Bertz CT molecular complexity index is 613. The Labute approximate surface area is 132 Å². The molecule has 0 atom stereocenters. The van der Waals surface area contributed by atoms with Crippen molar-refractivity contribution in [2.45, 2.75) is 32.4 Å². The van der Waals surface area contributed by atoms with Gasteiger partial charge in [0.2, 0.25) is 5.88 Å². The largest absolute Gasteiger partial charge is 0.435 e. The van der Waals surface area contributed by atoms with Gasteiger partial charge in [0.05, 0.1) is 11.0 Å². The van der Waals surface area contributed by atoms with Crippen LogP contribution in [0.1, 0.15) is 25.1 Å². The molecule has 0 aliphatic carbocycles. The summed E-state index contributed by atoms with van der Waals surface area (Å²) >= 11 is 0.976. The number of thioether (sulfide) groups is 1. The van der Waals surface area contributed by atoms with Crippen LogP contribution in [0, 0.1) is 5.41 Å². The van der Waals surface area contributed by atoms with Crippen LogP contribution >= 0.6 is 11.8 Å². The smallest absolute Gasteiger partial charge is 0.417 e. The van der Waals surface area contributed by atoms with Crippen LogP contribution in [0.5, 0.6) is 5.88 Å². The average Bonchev–Trinajstić information content (AvgIpc) is 2.87. The highest BCUT2D eigenvalue weighted by atomic mass is 32.2. The molecule has 0 fully saturated rings. The molecular formula is C12H14F5N3O2S. The summed E-state index contributed by atoms with van der Waals surface area (Å²) in [6, 6.07) is 0. The van der Waals surface area contributed by atoms with Gasteiger partial charge in [0, 0.05) is 12.8 Å². The van der Waals surface area contributed by atoms with E-state index in [4.69, 9.17) is 4.84 Å². The SMILES string of the molecule is Cn1nc(C(F)(F)F)c(CSC2=NOCC2(C)C)c1OC(F)F. The van der Waals surface area contributed by atoms with Gasteiger partial charge in [-0.1, -0.05) is 19.0 Å². The predicted molar refractivity (Wildman–Crippen MR) is 73.3 cm³/mol. The molecule has 130 valence electrons. The molecule has 2 rings (SSSR count). The van der Waals surface area contributed by atoms with Gasteiger partial charge in [-0.15, -0.1) is 11.8 Å². The van der Waals surface area contributed by atoms with E-state index in [1.54, 1.807) is 0 Å². The predicted octanol–water partition coefficient (Wildman–Crippen LogP) is 3.64. The molecule has 0 aromatic carbocycles. The van der Waals surface area contributed by atoms with Crippen molar-refractivity contribution in [1.82, 2.24) is 9.78 Å². The maximum atomic E-state index is 13.0. The number of halogens is 5. The minimum Gasteiger partial charge on any atom is -0.417 e. The first-order valence-electron chi connectivity index (χ1n) is 6.43. The molecule has 0 saturated carbocycles. The highest BCUT2D eigenvalue weighted by molar-refractivity contribution is 8.13. The van der Waals surface area contributed by atoms with E-state index in [1.165, 1.54) is 0 Å². The van der Waals surface area contributed by atoms with E-state index in [0.29, 0.717) is 16.3 Å². The number of oxime groups is 1. The van der Waals surface area contributed by atoms with Gasteiger partial charge in [0.25, 0.3) is 0 Å². The van der Waals surface area contributed by atoms with Crippen LogP contribution in [0.3, 0.4) is 0 Å². The lowest BCUT2D eigenvalue weighted by atomic mass is 9.97. The van der Waals surface area contributed by atoms with Gasteiger partial charge in [0.1, 0.15) is 11.7 Å². The highest BCUT2D eigenvalue weighted by Crippen LogP contribution is 2.40. The van der Waals surface area contributed by atoms with Crippen LogP contribution in [-0.2, 0) is 23.8 Å². The molecule has 1 aliphatic rings. The highest BCUT2D eigenvalue weighted by Gasteiger charge is 2.41. The Hall–Kier alpha value is -1.52. The molecule has 0 bridgehead atoms. The molecule has 0 unspecified atom stereocenters. The summed E-state index contributed by atoms with van der Waals surface area (Å²) in [4.78, 5) is 4.93. The van der Waals surface area contributed by atoms with Crippen molar-refractivity contribution in [3.05, 3.63) is 11.3 Å². The molecule has 0 saturated heterocycles. The second kappa shape index (κ2) is 6.17. The second-order valence-electron chi connectivity index (χ2n) is 5.47. The third-order valence-corrected chi connectivity index (χ3v) is 4.40. The van der Waals surface area contributed by atoms with Gasteiger partial charge in [-0.25, -0.2) is 4.68 Å². The lowest BCUT2D eigenvalue weighted by Crippen LogP contribution is -2.21. The van der Waals surface area contributed by atoms with Crippen LogP contribution in [0.15, 0.2) is 5.16 Å². The molecule has 11 heteroatoms. The fourth-order valence-corrected chi connectivity index (χ4v) is 3.04. The van der Waals surface area contributed by atoms with E-state index in [1.807, 2.05) is 13.8 Å². The third kappa shape index (κ3) is 3.88. The summed E-state index contributed by atoms with van der Waals surface area (Å²) in [6.45, 7) is 0.681. The molecule has 0 spiro atoms. The van der Waals surface area contributed by atoms with E-state index >= 15 is 0 Å².